The second-order valence-electron chi connectivity index (χ2n) is 6.59. The lowest BCUT2D eigenvalue weighted by Gasteiger charge is -2.22. The van der Waals surface area contributed by atoms with Crippen LogP contribution in [0.15, 0.2) is 24.3 Å². The first-order chi connectivity index (χ1) is 10.2. The number of hydrogen-bond acceptors (Lipinski definition) is 4. The van der Waals surface area contributed by atoms with E-state index in [1.54, 1.807) is 11.8 Å². The van der Waals surface area contributed by atoms with E-state index in [0.717, 1.165) is 11.4 Å². The van der Waals surface area contributed by atoms with E-state index in [1.165, 1.54) is 11.8 Å². The molecule has 4 nitrogen and oxygen atoms in total. The largest absolute Gasteiger partial charge is 0.488 e. The summed E-state index contributed by atoms with van der Waals surface area (Å²) in [5.74, 6) is 1.88. The number of nitrogens with zero attached hydrogens (tertiary/aromatic N) is 1. The molecule has 0 bridgehead atoms. The van der Waals surface area contributed by atoms with Crippen LogP contribution in [0.4, 0.5) is 5.69 Å². The number of rotatable bonds is 4. The van der Waals surface area contributed by atoms with E-state index in [4.69, 9.17) is 4.74 Å². The molecule has 0 aliphatic carbocycles. The molecule has 1 heterocycles. The Morgan fingerprint density at radius 3 is 2.50 bits per heavy atom. The number of anilines is 1. The standard InChI is InChI=1S/C17H23NO3S/c1-12(19)22-11-13-9-16(20)18(10-13)14-5-7-15(8-6-14)21-17(2,3)4/h5-8,13H,9-11H2,1-4H3. The maximum absolute atomic E-state index is 12.1. The zero-order valence-electron chi connectivity index (χ0n) is 13.6. The highest BCUT2D eigenvalue weighted by Crippen LogP contribution is 2.29. The molecular formula is C17H23NO3S. The Morgan fingerprint density at radius 2 is 1.95 bits per heavy atom. The molecule has 1 saturated heterocycles. The van der Waals surface area contributed by atoms with Gasteiger partial charge >= 0.3 is 0 Å². The van der Waals surface area contributed by atoms with Crippen molar-refractivity contribution < 1.29 is 14.3 Å². The molecule has 1 aromatic rings. The minimum absolute atomic E-state index is 0.106. The number of amides is 1. The fourth-order valence-corrected chi connectivity index (χ4v) is 3.12. The molecule has 1 fully saturated rings. The predicted octanol–water partition coefficient (Wildman–Crippen LogP) is 3.50. The number of carbonyl (C=O) groups excluding carboxylic acids is 2. The normalized spacial score (nSPS) is 18.6. The van der Waals surface area contributed by atoms with Gasteiger partial charge in [-0.05, 0) is 51.0 Å². The summed E-state index contributed by atoms with van der Waals surface area (Å²) in [5, 5.41) is 0.106. The fraction of sp³-hybridized carbons (Fsp3) is 0.529. The van der Waals surface area contributed by atoms with E-state index in [2.05, 4.69) is 0 Å². The van der Waals surface area contributed by atoms with Crippen LogP contribution in [-0.2, 0) is 9.59 Å². The zero-order valence-corrected chi connectivity index (χ0v) is 14.4. The van der Waals surface area contributed by atoms with Gasteiger partial charge in [-0.15, -0.1) is 0 Å². The van der Waals surface area contributed by atoms with Crippen LogP contribution in [0, 0.1) is 5.92 Å². The molecule has 1 aliphatic rings. The fourth-order valence-electron chi connectivity index (χ4n) is 2.43. The molecule has 2 rings (SSSR count). The lowest BCUT2D eigenvalue weighted by atomic mass is 10.1. The topological polar surface area (TPSA) is 46.6 Å². The van der Waals surface area contributed by atoms with Crippen LogP contribution < -0.4 is 9.64 Å². The van der Waals surface area contributed by atoms with Gasteiger partial charge in [0, 0.05) is 31.3 Å². The van der Waals surface area contributed by atoms with Crippen molar-refractivity contribution >= 4 is 28.5 Å². The summed E-state index contributed by atoms with van der Waals surface area (Å²) in [6.45, 7) is 8.25. The van der Waals surface area contributed by atoms with Crippen LogP contribution in [0.5, 0.6) is 5.75 Å². The maximum atomic E-state index is 12.1. The number of ether oxygens (including phenoxy) is 1. The first-order valence-electron chi connectivity index (χ1n) is 7.47. The van der Waals surface area contributed by atoms with Crippen LogP contribution in [0.3, 0.4) is 0 Å². The molecule has 1 atom stereocenters. The third kappa shape index (κ3) is 4.77. The van der Waals surface area contributed by atoms with Crippen molar-refractivity contribution in [2.75, 3.05) is 17.2 Å². The Hall–Kier alpha value is -1.49. The number of carbonyl (C=O) groups is 2. The van der Waals surface area contributed by atoms with Gasteiger partial charge in [0.15, 0.2) is 5.12 Å². The van der Waals surface area contributed by atoms with Crippen molar-refractivity contribution in [1.29, 1.82) is 0 Å². The van der Waals surface area contributed by atoms with Crippen LogP contribution in [-0.4, -0.2) is 28.9 Å². The van der Waals surface area contributed by atoms with E-state index >= 15 is 0 Å². The molecular weight excluding hydrogens is 298 g/mol. The molecule has 1 aliphatic heterocycles. The maximum Gasteiger partial charge on any atom is 0.227 e. The predicted molar refractivity (Wildman–Crippen MR) is 90.4 cm³/mol. The van der Waals surface area contributed by atoms with Gasteiger partial charge in [-0.25, -0.2) is 0 Å². The Morgan fingerprint density at radius 1 is 1.32 bits per heavy atom. The number of benzene rings is 1. The number of thioether (sulfide) groups is 1. The van der Waals surface area contributed by atoms with Gasteiger partial charge < -0.3 is 9.64 Å². The Balaban J connectivity index is 1.99. The first-order valence-corrected chi connectivity index (χ1v) is 8.46. The molecule has 0 N–H and O–H groups in total. The minimum atomic E-state index is -0.236. The lowest BCUT2D eigenvalue weighted by Crippen LogP contribution is -2.25. The van der Waals surface area contributed by atoms with Crippen molar-refractivity contribution in [1.82, 2.24) is 0 Å². The van der Waals surface area contributed by atoms with Crippen molar-refractivity contribution in [2.45, 2.75) is 39.7 Å². The van der Waals surface area contributed by atoms with Gasteiger partial charge in [0.1, 0.15) is 11.4 Å². The van der Waals surface area contributed by atoms with E-state index in [0.29, 0.717) is 18.7 Å². The molecule has 120 valence electrons. The highest BCUT2D eigenvalue weighted by atomic mass is 32.2. The van der Waals surface area contributed by atoms with E-state index in [9.17, 15) is 9.59 Å². The van der Waals surface area contributed by atoms with Crippen molar-refractivity contribution in [3.8, 4) is 5.75 Å². The SMILES string of the molecule is CC(=O)SCC1CC(=O)N(c2ccc(OC(C)(C)C)cc2)C1. The molecule has 5 heteroatoms. The van der Waals surface area contributed by atoms with Crippen LogP contribution >= 0.6 is 11.8 Å². The van der Waals surface area contributed by atoms with Crippen LogP contribution in [0.1, 0.15) is 34.1 Å². The molecule has 22 heavy (non-hydrogen) atoms. The van der Waals surface area contributed by atoms with Crippen LogP contribution in [0.25, 0.3) is 0 Å². The van der Waals surface area contributed by atoms with Gasteiger partial charge in [-0.3, -0.25) is 9.59 Å². The zero-order chi connectivity index (χ0) is 16.3. The Kier molecular flexibility index (Phi) is 5.16. The molecule has 0 spiro atoms. The lowest BCUT2D eigenvalue weighted by molar-refractivity contribution is -0.117. The average Bonchev–Trinajstić information content (AvgIpc) is 2.77. The van der Waals surface area contributed by atoms with Crippen molar-refractivity contribution in [2.24, 2.45) is 5.92 Å². The third-order valence-electron chi connectivity index (χ3n) is 3.30. The smallest absolute Gasteiger partial charge is 0.227 e. The average molecular weight is 321 g/mol. The van der Waals surface area contributed by atoms with Gasteiger partial charge in [-0.2, -0.15) is 0 Å². The summed E-state index contributed by atoms with van der Waals surface area (Å²) in [6.07, 6.45) is 0.514. The number of hydrogen-bond donors (Lipinski definition) is 0. The van der Waals surface area contributed by atoms with Crippen molar-refractivity contribution in [3.63, 3.8) is 0 Å². The summed E-state index contributed by atoms with van der Waals surface area (Å²) < 4.78 is 5.79. The summed E-state index contributed by atoms with van der Waals surface area (Å²) >= 11 is 1.30. The second-order valence-corrected chi connectivity index (χ2v) is 7.78. The summed E-state index contributed by atoms with van der Waals surface area (Å²) in [7, 11) is 0. The van der Waals surface area contributed by atoms with Gasteiger partial charge in [0.05, 0.1) is 0 Å². The third-order valence-corrected chi connectivity index (χ3v) is 4.34. The second kappa shape index (κ2) is 6.73. The Labute approximate surface area is 136 Å². The Bertz CT molecular complexity index is 548. The molecule has 1 aromatic carbocycles. The van der Waals surface area contributed by atoms with E-state index in [-0.39, 0.29) is 22.5 Å². The summed E-state index contributed by atoms with van der Waals surface area (Å²) in [6, 6.07) is 7.62. The first kappa shape index (κ1) is 16.9. The van der Waals surface area contributed by atoms with Crippen LogP contribution in [0.2, 0.25) is 0 Å². The molecule has 0 aromatic heterocycles. The highest BCUT2D eigenvalue weighted by Gasteiger charge is 2.30. The minimum Gasteiger partial charge on any atom is -0.488 e. The van der Waals surface area contributed by atoms with Crippen molar-refractivity contribution in [3.05, 3.63) is 24.3 Å². The quantitative estimate of drug-likeness (QED) is 0.851. The van der Waals surface area contributed by atoms with Gasteiger partial charge in [-0.1, -0.05) is 11.8 Å². The summed E-state index contributed by atoms with van der Waals surface area (Å²) in [5.41, 5.74) is 0.654. The summed E-state index contributed by atoms with van der Waals surface area (Å²) in [4.78, 5) is 25.0. The molecule has 1 amide bonds. The van der Waals surface area contributed by atoms with Gasteiger partial charge in [0.2, 0.25) is 5.91 Å². The molecule has 0 saturated carbocycles. The molecule has 1 unspecified atom stereocenters. The van der Waals surface area contributed by atoms with Gasteiger partial charge in [0.25, 0.3) is 0 Å². The monoisotopic (exact) mass is 321 g/mol. The van der Waals surface area contributed by atoms with E-state index in [1.807, 2.05) is 45.0 Å². The van der Waals surface area contributed by atoms with E-state index < -0.39 is 0 Å². The highest BCUT2D eigenvalue weighted by molar-refractivity contribution is 8.13. The molecule has 0 radical (unpaired) electrons.